The van der Waals surface area contributed by atoms with Gasteiger partial charge in [-0.15, -0.1) is 11.3 Å². The zero-order valence-corrected chi connectivity index (χ0v) is 6.60. The second-order valence-corrected chi connectivity index (χ2v) is 3.48. The van der Waals surface area contributed by atoms with Gasteiger partial charge in [0, 0.05) is 4.88 Å². The van der Waals surface area contributed by atoms with E-state index in [0.29, 0.717) is 0 Å². The fourth-order valence-corrected chi connectivity index (χ4v) is 2.36. The molecular formula is C7H7NO2S. The molecule has 1 aromatic rings. The van der Waals surface area contributed by atoms with Crippen molar-refractivity contribution in [2.24, 2.45) is 0 Å². The lowest BCUT2D eigenvalue weighted by Crippen LogP contribution is -2.06. The zero-order valence-electron chi connectivity index (χ0n) is 5.78. The van der Waals surface area contributed by atoms with Gasteiger partial charge in [0.05, 0.1) is 17.1 Å². The minimum atomic E-state index is -0.715. The van der Waals surface area contributed by atoms with Crippen molar-refractivity contribution in [1.29, 1.82) is 0 Å². The molecule has 0 bridgehead atoms. The van der Waals surface area contributed by atoms with Crippen LogP contribution in [-0.4, -0.2) is 16.1 Å². The van der Waals surface area contributed by atoms with E-state index < -0.39 is 5.97 Å². The number of aryl methyl sites for hydroxylation is 1. The molecule has 11 heavy (non-hydrogen) atoms. The molecule has 0 radical (unpaired) electrons. The summed E-state index contributed by atoms with van der Waals surface area (Å²) in [6.07, 6.45) is 1.56. The number of aliphatic carboxylic acids is 1. The van der Waals surface area contributed by atoms with Crippen LogP contribution in [0.25, 0.3) is 0 Å². The summed E-state index contributed by atoms with van der Waals surface area (Å²) >= 11 is 1.46. The van der Waals surface area contributed by atoms with Gasteiger partial charge in [-0.1, -0.05) is 0 Å². The standard InChI is InChI=1S/C7H7NO2S/c9-7(10)4-1-2-5-6(4)11-3-8-5/h3-4H,1-2H2,(H,9,10)/t4-/m1/s1. The maximum absolute atomic E-state index is 10.6. The Hall–Kier alpha value is -0.900. The van der Waals surface area contributed by atoms with Crippen molar-refractivity contribution in [2.75, 3.05) is 0 Å². The third-order valence-corrected chi connectivity index (χ3v) is 2.94. The molecule has 0 unspecified atom stereocenters. The molecule has 1 atom stereocenters. The van der Waals surface area contributed by atoms with E-state index in [-0.39, 0.29) is 5.92 Å². The van der Waals surface area contributed by atoms with Gasteiger partial charge in [0.2, 0.25) is 0 Å². The fraction of sp³-hybridized carbons (Fsp3) is 0.429. The van der Waals surface area contributed by atoms with Crippen LogP contribution in [0.5, 0.6) is 0 Å². The number of aromatic nitrogens is 1. The van der Waals surface area contributed by atoms with Crippen LogP contribution in [0.15, 0.2) is 5.51 Å². The highest BCUT2D eigenvalue weighted by atomic mass is 32.1. The highest BCUT2D eigenvalue weighted by Crippen LogP contribution is 2.35. The van der Waals surface area contributed by atoms with E-state index in [1.54, 1.807) is 5.51 Å². The molecule has 0 aromatic carbocycles. The van der Waals surface area contributed by atoms with E-state index >= 15 is 0 Å². The second kappa shape index (κ2) is 2.30. The molecule has 0 aliphatic heterocycles. The van der Waals surface area contributed by atoms with Gasteiger partial charge in [-0.2, -0.15) is 0 Å². The van der Waals surface area contributed by atoms with Crippen LogP contribution in [0.1, 0.15) is 22.9 Å². The topological polar surface area (TPSA) is 50.2 Å². The molecule has 1 N–H and O–H groups in total. The van der Waals surface area contributed by atoms with Crippen molar-refractivity contribution in [1.82, 2.24) is 4.98 Å². The Morgan fingerprint density at radius 3 is 3.36 bits per heavy atom. The molecule has 1 aliphatic rings. The van der Waals surface area contributed by atoms with Gasteiger partial charge in [0.25, 0.3) is 0 Å². The van der Waals surface area contributed by atoms with Gasteiger partial charge in [0.1, 0.15) is 0 Å². The van der Waals surface area contributed by atoms with Crippen molar-refractivity contribution in [3.8, 4) is 0 Å². The lowest BCUT2D eigenvalue weighted by Gasteiger charge is -1.99. The van der Waals surface area contributed by atoms with Crippen molar-refractivity contribution in [2.45, 2.75) is 18.8 Å². The van der Waals surface area contributed by atoms with Gasteiger partial charge in [-0.25, -0.2) is 4.98 Å². The van der Waals surface area contributed by atoms with E-state index in [0.717, 1.165) is 23.4 Å². The van der Waals surface area contributed by atoms with Crippen LogP contribution in [0.3, 0.4) is 0 Å². The Bertz CT molecular complexity index is 294. The molecule has 58 valence electrons. The van der Waals surface area contributed by atoms with Gasteiger partial charge >= 0.3 is 5.97 Å². The number of hydrogen-bond acceptors (Lipinski definition) is 3. The summed E-state index contributed by atoms with van der Waals surface area (Å²) < 4.78 is 0. The number of fused-ring (bicyclic) bond motifs is 1. The van der Waals surface area contributed by atoms with Crippen LogP contribution in [0.2, 0.25) is 0 Å². The lowest BCUT2D eigenvalue weighted by molar-refractivity contribution is -0.138. The predicted octanol–water partition coefficient (Wildman–Crippen LogP) is 1.26. The largest absolute Gasteiger partial charge is 0.481 e. The Kier molecular flexibility index (Phi) is 1.42. The number of hydrogen-bond donors (Lipinski definition) is 1. The van der Waals surface area contributed by atoms with E-state index in [4.69, 9.17) is 5.11 Å². The quantitative estimate of drug-likeness (QED) is 0.688. The molecule has 1 aromatic heterocycles. The zero-order chi connectivity index (χ0) is 7.84. The predicted molar refractivity (Wildman–Crippen MR) is 40.8 cm³/mol. The molecule has 1 aliphatic carbocycles. The highest BCUT2D eigenvalue weighted by molar-refractivity contribution is 7.10. The van der Waals surface area contributed by atoms with Crippen LogP contribution >= 0.6 is 11.3 Å². The number of nitrogens with zero attached hydrogens (tertiary/aromatic N) is 1. The van der Waals surface area contributed by atoms with Gasteiger partial charge < -0.3 is 5.11 Å². The summed E-state index contributed by atoms with van der Waals surface area (Å²) in [6.45, 7) is 0. The molecule has 0 saturated heterocycles. The Labute approximate surface area is 67.7 Å². The first-order valence-corrected chi connectivity index (χ1v) is 4.32. The molecule has 0 fully saturated rings. The summed E-state index contributed by atoms with van der Waals surface area (Å²) in [6, 6.07) is 0. The van der Waals surface area contributed by atoms with E-state index in [1.807, 2.05) is 0 Å². The Balaban J connectivity index is 2.38. The third kappa shape index (κ3) is 0.939. The highest BCUT2D eigenvalue weighted by Gasteiger charge is 2.30. The van der Waals surface area contributed by atoms with Crippen LogP contribution in [0.4, 0.5) is 0 Å². The van der Waals surface area contributed by atoms with Crippen molar-refractivity contribution < 1.29 is 9.90 Å². The second-order valence-electron chi connectivity index (χ2n) is 2.59. The molecule has 0 spiro atoms. The SMILES string of the molecule is O=C(O)[C@@H]1CCc2ncsc21. The van der Waals surface area contributed by atoms with E-state index in [1.165, 1.54) is 11.3 Å². The molecule has 4 heteroatoms. The molecule has 1 heterocycles. The first-order chi connectivity index (χ1) is 5.29. The van der Waals surface area contributed by atoms with Crippen LogP contribution in [-0.2, 0) is 11.2 Å². The van der Waals surface area contributed by atoms with Crippen LogP contribution in [0, 0.1) is 0 Å². The maximum Gasteiger partial charge on any atom is 0.311 e. The summed E-state index contributed by atoms with van der Waals surface area (Å²) in [5, 5.41) is 8.76. The summed E-state index contributed by atoms with van der Waals surface area (Å²) in [7, 11) is 0. The number of carboxylic acids is 1. The first-order valence-electron chi connectivity index (χ1n) is 3.44. The summed E-state index contributed by atoms with van der Waals surface area (Å²) in [4.78, 5) is 15.7. The summed E-state index contributed by atoms with van der Waals surface area (Å²) in [5.74, 6) is -0.995. The average Bonchev–Trinajstić information content (AvgIpc) is 2.41. The minimum absolute atomic E-state index is 0.280. The third-order valence-electron chi connectivity index (χ3n) is 1.96. The molecule has 0 amide bonds. The van der Waals surface area contributed by atoms with E-state index in [9.17, 15) is 4.79 Å². The Morgan fingerprint density at radius 2 is 2.64 bits per heavy atom. The molecule has 3 nitrogen and oxygen atoms in total. The number of carbonyl (C=O) groups is 1. The van der Waals surface area contributed by atoms with Crippen molar-refractivity contribution in [3.05, 3.63) is 16.1 Å². The number of rotatable bonds is 1. The summed E-state index contributed by atoms with van der Waals surface area (Å²) in [5.41, 5.74) is 2.71. The van der Waals surface area contributed by atoms with Gasteiger partial charge in [-0.3, -0.25) is 4.79 Å². The fourth-order valence-electron chi connectivity index (χ4n) is 1.40. The normalized spacial score (nSPS) is 21.6. The van der Waals surface area contributed by atoms with Gasteiger partial charge in [-0.05, 0) is 12.8 Å². The molecule has 2 rings (SSSR count). The first kappa shape index (κ1) is 6.79. The lowest BCUT2D eigenvalue weighted by atomic mass is 10.1. The smallest absolute Gasteiger partial charge is 0.311 e. The average molecular weight is 169 g/mol. The van der Waals surface area contributed by atoms with Crippen molar-refractivity contribution in [3.63, 3.8) is 0 Å². The monoisotopic (exact) mass is 169 g/mol. The molecule has 0 saturated carbocycles. The maximum atomic E-state index is 10.6. The van der Waals surface area contributed by atoms with Crippen LogP contribution < -0.4 is 0 Å². The van der Waals surface area contributed by atoms with Gasteiger partial charge in [0.15, 0.2) is 0 Å². The van der Waals surface area contributed by atoms with E-state index in [2.05, 4.69) is 4.98 Å². The number of thiazole rings is 1. The molecular weight excluding hydrogens is 162 g/mol. The Morgan fingerprint density at radius 1 is 1.82 bits per heavy atom. The number of carboxylic acid groups (broad SMARTS) is 1. The minimum Gasteiger partial charge on any atom is -0.481 e. The van der Waals surface area contributed by atoms with Crippen molar-refractivity contribution >= 4 is 17.3 Å².